The van der Waals surface area contributed by atoms with E-state index in [4.69, 9.17) is 10.5 Å². The number of primary amides is 1. The molecular formula is C15H18N2O4. The van der Waals surface area contributed by atoms with E-state index in [0.717, 1.165) is 12.8 Å². The average Bonchev–Trinajstić information content (AvgIpc) is 2.53. The van der Waals surface area contributed by atoms with Gasteiger partial charge < -0.3 is 15.4 Å². The van der Waals surface area contributed by atoms with Crippen LogP contribution in [0.3, 0.4) is 0 Å². The predicted molar refractivity (Wildman–Crippen MR) is 75.7 cm³/mol. The number of piperidine rings is 1. The van der Waals surface area contributed by atoms with Crippen molar-refractivity contribution >= 4 is 17.8 Å². The summed E-state index contributed by atoms with van der Waals surface area (Å²) in [7, 11) is 1.32. The first-order chi connectivity index (χ1) is 10.0. The highest BCUT2D eigenvalue weighted by atomic mass is 16.5. The van der Waals surface area contributed by atoms with Crippen LogP contribution in [-0.2, 0) is 9.53 Å². The maximum atomic E-state index is 12.5. The van der Waals surface area contributed by atoms with E-state index in [0.29, 0.717) is 24.1 Å². The lowest BCUT2D eigenvalue weighted by molar-refractivity contribution is -0.147. The number of ether oxygens (including phenoxy) is 1. The summed E-state index contributed by atoms with van der Waals surface area (Å²) < 4.78 is 4.76. The molecule has 0 aromatic heterocycles. The van der Waals surface area contributed by atoms with E-state index in [1.165, 1.54) is 24.1 Å². The number of carbonyl (C=O) groups excluding carboxylic acids is 3. The van der Waals surface area contributed by atoms with Gasteiger partial charge in [-0.1, -0.05) is 0 Å². The Morgan fingerprint density at radius 1 is 1.14 bits per heavy atom. The second-order valence-electron chi connectivity index (χ2n) is 4.97. The van der Waals surface area contributed by atoms with Crippen molar-refractivity contribution in [1.82, 2.24) is 4.90 Å². The molecule has 112 valence electrons. The fourth-order valence-electron chi connectivity index (χ4n) is 2.50. The summed E-state index contributed by atoms with van der Waals surface area (Å²) in [4.78, 5) is 36.9. The summed E-state index contributed by atoms with van der Waals surface area (Å²) in [6.45, 7) is 0.524. The van der Waals surface area contributed by atoms with Crippen LogP contribution in [0.2, 0.25) is 0 Å². The first kappa shape index (κ1) is 15.0. The standard InChI is InChI=1S/C15H18N2O4/c1-21-15(20)12-4-2-3-9-17(12)14(19)11-7-5-10(6-8-11)13(16)18/h5-8,12H,2-4,9H2,1H3,(H2,16,18). The quantitative estimate of drug-likeness (QED) is 0.839. The van der Waals surface area contributed by atoms with E-state index >= 15 is 0 Å². The van der Waals surface area contributed by atoms with E-state index in [-0.39, 0.29) is 5.91 Å². The smallest absolute Gasteiger partial charge is 0.328 e. The van der Waals surface area contributed by atoms with Gasteiger partial charge in [0.15, 0.2) is 0 Å². The molecule has 1 atom stereocenters. The molecule has 1 saturated heterocycles. The Balaban J connectivity index is 2.20. The minimum Gasteiger partial charge on any atom is -0.467 e. The van der Waals surface area contributed by atoms with Gasteiger partial charge in [-0.2, -0.15) is 0 Å². The predicted octanol–water partition coefficient (Wildman–Crippen LogP) is 0.953. The molecule has 2 amide bonds. The molecule has 2 N–H and O–H groups in total. The van der Waals surface area contributed by atoms with Crippen LogP contribution >= 0.6 is 0 Å². The van der Waals surface area contributed by atoms with Crippen molar-refractivity contribution in [2.45, 2.75) is 25.3 Å². The van der Waals surface area contributed by atoms with E-state index in [9.17, 15) is 14.4 Å². The van der Waals surface area contributed by atoms with Crippen LogP contribution in [-0.4, -0.2) is 42.4 Å². The van der Waals surface area contributed by atoms with Gasteiger partial charge in [-0.05, 0) is 43.5 Å². The van der Waals surface area contributed by atoms with Gasteiger partial charge in [0.05, 0.1) is 7.11 Å². The van der Waals surface area contributed by atoms with Gasteiger partial charge in [-0.3, -0.25) is 9.59 Å². The summed E-state index contributed by atoms with van der Waals surface area (Å²) in [6, 6.07) is 5.57. The van der Waals surface area contributed by atoms with Crippen molar-refractivity contribution in [3.63, 3.8) is 0 Å². The van der Waals surface area contributed by atoms with Crippen LogP contribution in [0.25, 0.3) is 0 Å². The molecule has 0 bridgehead atoms. The molecule has 0 aliphatic carbocycles. The molecule has 2 rings (SSSR count). The second kappa shape index (κ2) is 6.39. The summed E-state index contributed by atoms with van der Waals surface area (Å²) >= 11 is 0. The van der Waals surface area contributed by atoms with E-state index in [1.54, 1.807) is 12.1 Å². The summed E-state index contributed by atoms with van der Waals surface area (Å²) in [5.74, 6) is -1.17. The lowest BCUT2D eigenvalue weighted by atomic mass is 10.0. The van der Waals surface area contributed by atoms with Crippen LogP contribution in [0.1, 0.15) is 40.0 Å². The molecule has 6 nitrogen and oxygen atoms in total. The molecule has 1 aromatic rings. The van der Waals surface area contributed by atoms with Gasteiger partial charge in [0, 0.05) is 17.7 Å². The number of benzene rings is 1. The summed E-state index contributed by atoms with van der Waals surface area (Å²) in [5.41, 5.74) is 5.94. The molecule has 1 heterocycles. The number of carbonyl (C=O) groups is 3. The number of hydrogen-bond acceptors (Lipinski definition) is 4. The van der Waals surface area contributed by atoms with E-state index < -0.39 is 17.9 Å². The molecule has 1 aliphatic heterocycles. The molecule has 0 spiro atoms. The first-order valence-electron chi connectivity index (χ1n) is 6.83. The van der Waals surface area contributed by atoms with Crippen molar-refractivity contribution in [1.29, 1.82) is 0 Å². The van der Waals surface area contributed by atoms with Gasteiger partial charge >= 0.3 is 5.97 Å². The van der Waals surface area contributed by atoms with Crippen LogP contribution in [0.5, 0.6) is 0 Å². The van der Waals surface area contributed by atoms with Gasteiger partial charge in [0.2, 0.25) is 5.91 Å². The Kier molecular flexibility index (Phi) is 4.57. The number of esters is 1. The third-order valence-corrected chi connectivity index (χ3v) is 3.65. The fourth-order valence-corrected chi connectivity index (χ4v) is 2.50. The molecule has 0 radical (unpaired) electrons. The molecule has 21 heavy (non-hydrogen) atoms. The van der Waals surface area contributed by atoms with Gasteiger partial charge in [0.25, 0.3) is 5.91 Å². The Bertz CT molecular complexity index is 553. The monoisotopic (exact) mass is 290 g/mol. The lowest BCUT2D eigenvalue weighted by Crippen LogP contribution is -2.48. The number of nitrogens with zero attached hydrogens (tertiary/aromatic N) is 1. The Morgan fingerprint density at radius 2 is 1.76 bits per heavy atom. The highest BCUT2D eigenvalue weighted by Crippen LogP contribution is 2.21. The highest BCUT2D eigenvalue weighted by molar-refractivity contribution is 5.98. The largest absolute Gasteiger partial charge is 0.467 e. The third-order valence-electron chi connectivity index (χ3n) is 3.65. The Labute approximate surface area is 122 Å². The number of rotatable bonds is 3. The topological polar surface area (TPSA) is 89.7 Å². The third kappa shape index (κ3) is 3.21. The molecule has 1 unspecified atom stereocenters. The van der Waals surface area contributed by atoms with Crippen LogP contribution < -0.4 is 5.73 Å². The second-order valence-corrected chi connectivity index (χ2v) is 4.97. The van der Waals surface area contributed by atoms with Gasteiger partial charge in [-0.15, -0.1) is 0 Å². The SMILES string of the molecule is COC(=O)C1CCCCN1C(=O)c1ccc(C(N)=O)cc1. The maximum absolute atomic E-state index is 12.5. The molecule has 1 fully saturated rings. The normalized spacial score (nSPS) is 18.1. The van der Waals surface area contributed by atoms with Crippen molar-refractivity contribution in [2.75, 3.05) is 13.7 Å². The van der Waals surface area contributed by atoms with E-state index in [2.05, 4.69) is 0 Å². The number of amides is 2. The maximum Gasteiger partial charge on any atom is 0.328 e. The number of nitrogens with two attached hydrogens (primary N) is 1. The van der Waals surface area contributed by atoms with Crippen molar-refractivity contribution < 1.29 is 19.1 Å². The lowest BCUT2D eigenvalue weighted by Gasteiger charge is -2.33. The zero-order chi connectivity index (χ0) is 15.4. The number of methoxy groups -OCH3 is 1. The zero-order valence-corrected chi connectivity index (χ0v) is 11.9. The minimum absolute atomic E-state index is 0.235. The fraction of sp³-hybridized carbons (Fsp3) is 0.400. The Hall–Kier alpha value is -2.37. The number of likely N-dealkylation sites (tertiary alicyclic amines) is 1. The molecular weight excluding hydrogens is 272 g/mol. The van der Waals surface area contributed by atoms with E-state index in [1.807, 2.05) is 0 Å². The van der Waals surface area contributed by atoms with Crippen molar-refractivity contribution in [3.05, 3.63) is 35.4 Å². The number of hydrogen-bond donors (Lipinski definition) is 1. The van der Waals surface area contributed by atoms with Crippen LogP contribution in [0.15, 0.2) is 24.3 Å². The average molecular weight is 290 g/mol. The Morgan fingerprint density at radius 3 is 2.33 bits per heavy atom. The molecule has 0 saturated carbocycles. The van der Waals surface area contributed by atoms with Gasteiger partial charge in [0.1, 0.15) is 6.04 Å². The summed E-state index contributed by atoms with van der Waals surface area (Å²) in [5, 5.41) is 0. The highest BCUT2D eigenvalue weighted by Gasteiger charge is 2.33. The minimum atomic E-state index is -0.542. The van der Waals surface area contributed by atoms with Crippen molar-refractivity contribution in [3.8, 4) is 0 Å². The molecule has 6 heteroatoms. The van der Waals surface area contributed by atoms with Crippen molar-refractivity contribution in [2.24, 2.45) is 5.73 Å². The van der Waals surface area contributed by atoms with Crippen LogP contribution in [0, 0.1) is 0 Å². The molecule has 1 aliphatic rings. The van der Waals surface area contributed by atoms with Gasteiger partial charge in [-0.25, -0.2) is 4.79 Å². The molecule has 1 aromatic carbocycles. The van der Waals surface area contributed by atoms with Crippen LogP contribution in [0.4, 0.5) is 0 Å². The first-order valence-corrected chi connectivity index (χ1v) is 6.83. The summed E-state index contributed by atoms with van der Waals surface area (Å²) in [6.07, 6.45) is 2.36. The zero-order valence-electron chi connectivity index (χ0n) is 11.9.